The fourth-order valence-corrected chi connectivity index (χ4v) is 4.05. The Morgan fingerprint density at radius 3 is 2.55 bits per heavy atom. The summed E-state index contributed by atoms with van der Waals surface area (Å²) in [4.78, 5) is 0.321. The topological polar surface area (TPSA) is 58.6 Å². The van der Waals surface area contributed by atoms with Gasteiger partial charge in [0.25, 0.3) is 0 Å². The van der Waals surface area contributed by atoms with Crippen LogP contribution >= 0.6 is 0 Å². The average molecular weight is 298 g/mol. The van der Waals surface area contributed by atoms with Crippen molar-refractivity contribution in [3.8, 4) is 5.75 Å². The van der Waals surface area contributed by atoms with E-state index in [1.165, 1.54) is 0 Å². The number of rotatable bonds is 4. The first-order chi connectivity index (χ1) is 9.45. The van der Waals surface area contributed by atoms with Crippen molar-refractivity contribution < 1.29 is 13.2 Å². The predicted molar refractivity (Wildman–Crippen MR) is 78.4 cm³/mol. The zero-order chi connectivity index (χ0) is 14.8. The normalized spacial score (nSPS) is 24.6. The Kier molecular flexibility index (Phi) is 4.67. The van der Waals surface area contributed by atoms with E-state index in [-0.39, 0.29) is 12.1 Å². The molecule has 1 heterocycles. The molecule has 1 N–H and O–H groups in total. The summed E-state index contributed by atoms with van der Waals surface area (Å²) in [6.45, 7) is 7.55. The first-order valence-corrected chi connectivity index (χ1v) is 8.37. The van der Waals surface area contributed by atoms with Crippen molar-refractivity contribution in [2.75, 3.05) is 19.7 Å². The number of hydrogen-bond acceptors (Lipinski definition) is 4. The lowest BCUT2D eigenvalue weighted by Gasteiger charge is -2.36. The van der Waals surface area contributed by atoms with Crippen LogP contribution in [0.5, 0.6) is 5.75 Å². The molecule has 0 amide bonds. The smallest absolute Gasteiger partial charge is 0.243 e. The summed E-state index contributed by atoms with van der Waals surface area (Å²) < 4.78 is 32.3. The SMILES string of the molecule is CCOc1ccc(S(=O)(=O)N2CC(C)NCC2C)cc1. The first kappa shape index (κ1) is 15.3. The van der Waals surface area contributed by atoms with E-state index in [1.807, 2.05) is 20.8 Å². The van der Waals surface area contributed by atoms with Crippen LogP contribution in [0.2, 0.25) is 0 Å². The molecule has 0 spiro atoms. The molecule has 1 aromatic carbocycles. The number of sulfonamides is 1. The summed E-state index contributed by atoms with van der Waals surface area (Å²) >= 11 is 0. The molecule has 20 heavy (non-hydrogen) atoms. The third-order valence-electron chi connectivity index (χ3n) is 3.45. The number of benzene rings is 1. The Balaban J connectivity index is 2.24. The molecular weight excluding hydrogens is 276 g/mol. The lowest BCUT2D eigenvalue weighted by atomic mass is 10.2. The fourth-order valence-electron chi connectivity index (χ4n) is 2.33. The van der Waals surface area contributed by atoms with Crippen LogP contribution in [0.15, 0.2) is 29.2 Å². The van der Waals surface area contributed by atoms with Crippen molar-refractivity contribution in [1.82, 2.24) is 9.62 Å². The van der Waals surface area contributed by atoms with Crippen molar-refractivity contribution in [3.63, 3.8) is 0 Å². The van der Waals surface area contributed by atoms with Crippen molar-refractivity contribution in [2.45, 2.75) is 37.8 Å². The van der Waals surface area contributed by atoms with Gasteiger partial charge < -0.3 is 10.1 Å². The zero-order valence-corrected chi connectivity index (χ0v) is 13.0. The highest BCUT2D eigenvalue weighted by atomic mass is 32.2. The molecule has 1 aliphatic rings. The van der Waals surface area contributed by atoms with Gasteiger partial charge in [-0.05, 0) is 45.0 Å². The third-order valence-corrected chi connectivity index (χ3v) is 5.44. The van der Waals surface area contributed by atoms with Crippen molar-refractivity contribution in [3.05, 3.63) is 24.3 Å². The summed E-state index contributed by atoms with van der Waals surface area (Å²) in [6, 6.07) is 6.75. The fraction of sp³-hybridized carbons (Fsp3) is 0.571. The van der Waals surface area contributed by atoms with Gasteiger partial charge in [-0.15, -0.1) is 0 Å². The minimum Gasteiger partial charge on any atom is -0.494 e. The van der Waals surface area contributed by atoms with Crippen LogP contribution in [0.3, 0.4) is 0 Å². The maximum absolute atomic E-state index is 12.7. The molecule has 0 bridgehead atoms. The summed E-state index contributed by atoms with van der Waals surface area (Å²) in [5.41, 5.74) is 0. The Morgan fingerprint density at radius 1 is 1.30 bits per heavy atom. The van der Waals surface area contributed by atoms with Crippen LogP contribution in [-0.2, 0) is 10.0 Å². The standard InChI is InChI=1S/C14H22N2O3S/c1-4-19-13-5-7-14(8-6-13)20(17,18)16-10-11(2)15-9-12(16)3/h5-8,11-12,15H,4,9-10H2,1-3H3. The molecule has 1 fully saturated rings. The van der Waals surface area contributed by atoms with Crippen molar-refractivity contribution >= 4 is 10.0 Å². The Bertz CT molecular complexity index is 542. The van der Waals surface area contributed by atoms with E-state index in [0.29, 0.717) is 30.3 Å². The van der Waals surface area contributed by atoms with E-state index in [4.69, 9.17) is 4.74 Å². The second kappa shape index (κ2) is 6.11. The lowest BCUT2D eigenvalue weighted by Crippen LogP contribution is -2.56. The molecule has 1 aliphatic heterocycles. The van der Waals surface area contributed by atoms with Gasteiger partial charge in [0.1, 0.15) is 5.75 Å². The van der Waals surface area contributed by atoms with E-state index in [1.54, 1.807) is 28.6 Å². The molecule has 112 valence electrons. The maximum atomic E-state index is 12.7. The van der Waals surface area contributed by atoms with Gasteiger partial charge >= 0.3 is 0 Å². The molecule has 2 unspecified atom stereocenters. The quantitative estimate of drug-likeness (QED) is 0.914. The van der Waals surface area contributed by atoms with Crippen LogP contribution < -0.4 is 10.1 Å². The number of piperazine rings is 1. The monoisotopic (exact) mass is 298 g/mol. The van der Waals surface area contributed by atoms with E-state index >= 15 is 0 Å². The molecular formula is C14H22N2O3S. The van der Waals surface area contributed by atoms with Crippen molar-refractivity contribution in [2.24, 2.45) is 0 Å². The van der Waals surface area contributed by atoms with Crippen LogP contribution in [0.1, 0.15) is 20.8 Å². The highest BCUT2D eigenvalue weighted by molar-refractivity contribution is 7.89. The predicted octanol–water partition coefficient (Wildman–Crippen LogP) is 1.46. The van der Waals surface area contributed by atoms with Gasteiger partial charge in [-0.2, -0.15) is 4.31 Å². The van der Waals surface area contributed by atoms with Crippen LogP contribution in [0, 0.1) is 0 Å². The molecule has 1 saturated heterocycles. The van der Waals surface area contributed by atoms with Crippen LogP contribution in [0.4, 0.5) is 0 Å². The van der Waals surface area contributed by atoms with Gasteiger partial charge in [0.2, 0.25) is 10.0 Å². The molecule has 2 atom stereocenters. The van der Waals surface area contributed by atoms with Gasteiger partial charge in [-0.1, -0.05) is 0 Å². The van der Waals surface area contributed by atoms with E-state index in [9.17, 15) is 8.42 Å². The van der Waals surface area contributed by atoms with E-state index in [0.717, 1.165) is 0 Å². The summed E-state index contributed by atoms with van der Waals surface area (Å²) in [5, 5.41) is 3.29. The minimum atomic E-state index is -3.44. The van der Waals surface area contributed by atoms with Gasteiger partial charge in [-0.3, -0.25) is 0 Å². The Labute approximate surface area is 121 Å². The maximum Gasteiger partial charge on any atom is 0.243 e. The van der Waals surface area contributed by atoms with Crippen LogP contribution in [-0.4, -0.2) is 44.5 Å². The summed E-state index contributed by atoms with van der Waals surface area (Å²) in [6.07, 6.45) is 0. The molecule has 6 heteroatoms. The number of ether oxygens (including phenoxy) is 1. The summed E-state index contributed by atoms with van der Waals surface area (Å²) in [7, 11) is -3.44. The molecule has 2 rings (SSSR count). The highest BCUT2D eigenvalue weighted by Crippen LogP contribution is 2.22. The second-order valence-electron chi connectivity index (χ2n) is 5.14. The summed E-state index contributed by atoms with van der Waals surface area (Å²) in [5.74, 6) is 0.688. The van der Waals surface area contributed by atoms with Gasteiger partial charge in [0, 0.05) is 25.2 Å². The lowest BCUT2D eigenvalue weighted by molar-refractivity contribution is 0.244. The largest absolute Gasteiger partial charge is 0.494 e. The minimum absolute atomic E-state index is 0.0391. The number of nitrogens with zero attached hydrogens (tertiary/aromatic N) is 1. The molecule has 0 saturated carbocycles. The van der Waals surface area contributed by atoms with Gasteiger partial charge in [0.15, 0.2) is 0 Å². The van der Waals surface area contributed by atoms with Gasteiger partial charge in [0.05, 0.1) is 11.5 Å². The number of hydrogen-bond donors (Lipinski definition) is 1. The van der Waals surface area contributed by atoms with E-state index in [2.05, 4.69) is 5.32 Å². The first-order valence-electron chi connectivity index (χ1n) is 6.93. The average Bonchev–Trinajstić information content (AvgIpc) is 2.42. The second-order valence-corrected chi connectivity index (χ2v) is 7.03. The number of nitrogens with one attached hydrogen (secondary N) is 1. The molecule has 1 aromatic rings. The highest BCUT2D eigenvalue weighted by Gasteiger charge is 2.33. The van der Waals surface area contributed by atoms with Crippen molar-refractivity contribution in [1.29, 1.82) is 0 Å². The van der Waals surface area contributed by atoms with E-state index < -0.39 is 10.0 Å². The van der Waals surface area contributed by atoms with Crippen LogP contribution in [0.25, 0.3) is 0 Å². The Hall–Kier alpha value is -1.11. The molecule has 0 aromatic heterocycles. The zero-order valence-electron chi connectivity index (χ0n) is 12.2. The Morgan fingerprint density at radius 2 is 1.95 bits per heavy atom. The third kappa shape index (κ3) is 3.13. The van der Waals surface area contributed by atoms with Gasteiger partial charge in [-0.25, -0.2) is 8.42 Å². The molecule has 5 nitrogen and oxygen atoms in total. The molecule has 0 aliphatic carbocycles. The molecule has 0 radical (unpaired) electrons.